The van der Waals surface area contributed by atoms with E-state index in [1.807, 2.05) is 26.0 Å². The zero-order chi connectivity index (χ0) is 20.3. The van der Waals surface area contributed by atoms with Crippen LogP contribution in [0.25, 0.3) is 15.9 Å². The van der Waals surface area contributed by atoms with E-state index in [0.29, 0.717) is 9.90 Å². The quantitative estimate of drug-likeness (QED) is 0.572. The van der Waals surface area contributed by atoms with Crippen LogP contribution in [0.3, 0.4) is 0 Å². The molecule has 0 aliphatic heterocycles. The lowest BCUT2D eigenvalue weighted by Gasteiger charge is -2.12. The van der Waals surface area contributed by atoms with E-state index >= 15 is 0 Å². The molecule has 1 atom stereocenters. The van der Waals surface area contributed by atoms with Crippen LogP contribution in [0.1, 0.15) is 42.1 Å². The van der Waals surface area contributed by atoms with E-state index in [2.05, 4.69) is 17.3 Å². The van der Waals surface area contributed by atoms with Crippen molar-refractivity contribution in [3.8, 4) is 5.69 Å². The number of nitrogens with zero attached hydrogens (tertiary/aromatic N) is 2. The van der Waals surface area contributed by atoms with Gasteiger partial charge in [-0.1, -0.05) is 24.9 Å². The first-order chi connectivity index (χ1) is 13.4. The number of amides is 1. The van der Waals surface area contributed by atoms with Crippen LogP contribution in [-0.4, -0.2) is 34.3 Å². The summed E-state index contributed by atoms with van der Waals surface area (Å²) >= 11 is 7.24. The summed E-state index contributed by atoms with van der Waals surface area (Å²) in [4.78, 5) is 25.6. The molecule has 0 aliphatic rings. The Bertz CT molecular complexity index is 994. The average molecular weight is 420 g/mol. The molecule has 2 aromatic heterocycles. The van der Waals surface area contributed by atoms with E-state index in [9.17, 15) is 9.59 Å². The highest BCUT2D eigenvalue weighted by Crippen LogP contribution is 2.31. The maximum Gasteiger partial charge on any atom is 0.348 e. The van der Waals surface area contributed by atoms with Gasteiger partial charge in [0.15, 0.2) is 6.61 Å². The van der Waals surface area contributed by atoms with E-state index < -0.39 is 5.97 Å². The van der Waals surface area contributed by atoms with Crippen LogP contribution in [0.5, 0.6) is 0 Å². The van der Waals surface area contributed by atoms with Gasteiger partial charge in [0, 0.05) is 16.5 Å². The Morgan fingerprint density at radius 1 is 1.32 bits per heavy atom. The first-order valence-electron chi connectivity index (χ1n) is 9.10. The topological polar surface area (TPSA) is 73.2 Å². The van der Waals surface area contributed by atoms with Gasteiger partial charge in [0.1, 0.15) is 9.71 Å². The van der Waals surface area contributed by atoms with Crippen molar-refractivity contribution in [2.75, 3.05) is 6.61 Å². The molecule has 1 aromatic carbocycles. The predicted molar refractivity (Wildman–Crippen MR) is 111 cm³/mol. The Labute approximate surface area is 172 Å². The molecule has 0 spiro atoms. The fraction of sp³-hybridized carbons (Fsp3) is 0.350. The molecule has 0 saturated carbocycles. The third-order valence-corrected chi connectivity index (χ3v) is 5.62. The molecular weight excluding hydrogens is 398 g/mol. The van der Waals surface area contributed by atoms with Gasteiger partial charge >= 0.3 is 5.97 Å². The summed E-state index contributed by atoms with van der Waals surface area (Å²) in [6.07, 6.45) is 1.86. The van der Waals surface area contributed by atoms with Gasteiger partial charge in [-0.2, -0.15) is 5.10 Å². The fourth-order valence-electron chi connectivity index (χ4n) is 2.93. The van der Waals surface area contributed by atoms with Gasteiger partial charge < -0.3 is 10.1 Å². The molecule has 0 radical (unpaired) electrons. The molecule has 0 aliphatic carbocycles. The summed E-state index contributed by atoms with van der Waals surface area (Å²) in [6.45, 7) is 5.58. The lowest BCUT2D eigenvalue weighted by atomic mass is 10.2. The molecule has 1 unspecified atom stereocenters. The largest absolute Gasteiger partial charge is 0.451 e. The molecule has 2 heterocycles. The number of carbonyl (C=O) groups is 2. The summed E-state index contributed by atoms with van der Waals surface area (Å²) in [5.41, 5.74) is 1.67. The van der Waals surface area contributed by atoms with Crippen LogP contribution < -0.4 is 5.32 Å². The minimum absolute atomic E-state index is 0.0635. The number of rotatable bonds is 7. The summed E-state index contributed by atoms with van der Waals surface area (Å²) in [5, 5.41) is 8.88. The van der Waals surface area contributed by atoms with Crippen molar-refractivity contribution in [2.45, 2.75) is 39.7 Å². The number of fused-ring (bicyclic) bond motifs is 1. The predicted octanol–water partition coefficient (Wildman–Crippen LogP) is 4.51. The van der Waals surface area contributed by atoms with Gasteiger partial charge in [-0.15, -0.1) is 11.3 Å². The molecular formula is C20H22ClN3O3S. The Morgan fingerprint density at radius 3 is 2.71 bits per heavy atom. The van der Waals surface area contributed by atoms with Gasteiger partial charge in [-0.3, -0.25) is 4.79 Å². The lowest BCUT2D eigenvalue weighted by molar-refractivity contribution is -0.124. The number of benzene rings is 1. The number of aromatic nitrogens is 2. The molecule has 0 fully saturated rings. The molecule has 1 N–H and O–H groups in total. The fourth-order valence-corrected chi connectivity index (χ4v) is 4.13. The minimum Gasteiger partial charge on any atom is -0.451 e. The maximum absolute atomic E-state index is 12.4. The van der Waals surface area contributed by atoms with Crippen LogP contribution in [-0.2, 0) is 9.53 Å². The van der Waals surface area contributed by atoms with Crippen LogP contribution in [0.4, 0.5) is 0 Å². The molecule has 6 nitrogen and oxygen atoms in total. The second-order valence-electron chi connectivity index (χ2n) is 6.64. The number of thiophene rings is 1. The normalized spacial score (nSPS) is 12.1. The summed E-state index contributed by atoms with van der Waals surface area (Å²) in [5.74, 6) is -0.805. The molecule has 3 aromatic rings. The summed E-state index contributed by atoms with van der Waals surface area (Å²) in [6, 6.07) is 9.14. The van der Waals surface area contributed by atoms with Crippen molar-refractivity contribution >= 4 is 45.0 Å². The Morgan fingerprint density at radius 2 is 2.04 bits per heavy atom. The van der Waals surface area contributed by atoms with Crippen LogP contribution in [0.2, 0.25) is 5.02 Å². The smallest absolute Gasteiger partial charge is 0.348 e. The standard InChI is InChI=1S/C20H22ClN3O3S/c1-4-5-12(2)22-18(25)11-27-20(26)17-10-16-13(3)23-24(19(16)28-17)15-8-6-14(21)7-9-15/h6-10,12H,4-5,11H2,1-3H3,(H,22,25). The highest BCUT2D eigenvalue weighted by Gasteiger charge is 2.19. The number of halogens is 1. The van der Waals surface area contributed by atoms with Gasteiger partial charge in [0.05, 0.1) is 11.4 Å². The minimum atomic E-state index is -0.512. The zero-order valence-electron chi connectivity index (χ0n) is 16.0. The van der Waals surface area contributed by atoms with Gasteiger partial charge in [-0.25, -0.2) is 9.48 Å². The second-order valence-corrected chi connectivity index (χ2v) is 8.10. The summed E-state index contributed by atoms with van der Waals surface area (Å²) in [7, 11) is 0. The molecule has 148 valence electrons. The number of ether oxygens (including phenoxy) is 1. The highest BCUT2D eigenvalue weighted by molar-refractivity contribution is 7.20. The zero-order valence-corrected chi connectivity index (χ0v) is 17.6. The molecule has 0 saturated heterocycles. The van der Waals surface area contributed by atoms with E-state index in [1.54, 1.807) is 22.9 Å². The number of nitrogens with one attached hydrogen (secondary N) is 1. The monoisotopic (exact) mass is 419 g/mol. The van der Waals surface area contributed by atoms with Crippen molar-refractivity contribution in [3.05, 3.63) is 45.9 Å². The Kier molecular flexibility index (Phi) is 6.36. The van der Waals surface area contributed by atoms with Crippen molar-refractivity contribution in [3.63, 3.8) is 0 Å². The van der Waals surface area contributed by atoms with Crippen molar-refractivity contribution in [1.82, 2.24) is 15.1 Å². The molecule has 0 bridgehead atoms. The Balaban J connectivity index is 1.73. The van der Waals surface area contributed by atoms with Gasteiger partial charge in [-0.05, 0) is 50.6 Å². The van der Waals surface area contributed by atoms with Crippen molar-refractivity contribution in [2.24, 2.45) is 0 Å². The lowest BCUT2D eigenvalue weighted by Crippen LogP contribution is -2.35. The highest BCUT2D eigenvalue weighted by atomic mass is 35.5. The number of esters is 1. The number of carbonyl (C=O) groups excluding carboxylic acids is 2. The van der Waals surface area contributed by atoms with Crippen molar-refractivity contribution < 1.29 is 14.3 Å². The number of hydrogen-bond acceptors (Lipinski definition) is 5. The molecule has 1 amide bonds. The third kappa shape index (κ3) is 4.54. The van der Waals surface area contributed by atoms with Crippen molar-refractivity contribution in [1.29, 1.82) is 0 Å². The van der Waals surface area contributed by atoms with E-state index in [-0.39, 0.29) is 18.6 Å². The molecule has 8 heteroatoms. The second kappa shape index (κ2) is 8.75. The summed E-state index contributed by atoms with van der Waals surface area (Å²) < 4.78 is 6.96. The van der Waals surface area contributed by atoms with Crippen LogP contribution in [0, 0.1) is 6.92 Å². The van der Waals surface area contributed by atoms with Gasteiger partial charge in [0.25, 0.3) is 5.91 Å². The number of hydrogen-bond donors (Lipinski definition) is 1. The SMILES string of the molecule is CCCC(C)NC(=O)COC(=O)c1cc2c(C)nn(-c3ccc(Cl)cc3)c2s1. The van der Waals surface area contributed by atoms with E-state index in [0.717, 1.165) is 34.4 Å². The maximum atomic E-state index is 12.4. The van der Waals surface area contributed by atoms with Gasteiger partial charge in [0.2, 0.25) is 0 Å². The molecule has 28 heavy (non-hydrogen) atoms. The first-order valence-corrected chi connectivity index (χ1v) is 10.3. The average Bonchev–Trinajstić information content (AvgIpc) is 3.21. The van der Waals surface area contributed by atoms with E-state index in [4.69, 9.17) is 16.3 Å². The number of aryl methyl sites for hydroxylation is 1. The Hall–Kier alpha value is -2.38. The third-order valence-electron chi connectivity index (χ3n) is 4.28. The first kappa shape index (κ1) is 20.4. The van der Waals surface area contributed by atoms with Crippen LogP contribution in [0.15, 0.2) is 30.3 Å². The van der Waals surface area contributed by atoms with Crippen LogP contribution >= 0.6 is 22.9 Å². The molecule has 3 rings (SSSR count). The van der Waals surface area contributed by atoms with E-state index in [1.165, 1.54) is 11.3 Å².